The highest BCUT2D eigenvalue weighted by atomic mass is 35.5. The molecule has 28 heavy (non-hydrogen) atoms. The van der Waals surface area contributed by atoms with Crippen molar-refractivity contribution in [3.63, 3.8) is 0 Å². The third-order valence-electron chi connectivity index (χ3n) is 5.54. The highest BCUT2D eigenvalue weighted by Crippen LogP contribution is 2.26. The van der Waals surface area contributed by atoms with E-state index in [9.17, 15) is 13.2 Å². The van der Waals surface area contributed by atoms with Crippen LogP contribution in [0.5, 0.6) is 0 Å². The summed E-state index contributed by atoms with van der Waals surface area (Å²) in [5.74, 6) is 0.0911. The van der Waals surface area contributed by atoms with E-state index in [0.717, 1.165) is 12.1 Å². The lowest BCUT2D eigenvalue weighted by Crippen LogP contribution is -2.37. The number of amides is 1. The first kappa shape index (κ1) is 23.0. The molecule has 0 radical (unpaired) electrons. The molecule has 0 unspecified atom stereocenters. The predicted molar refractivity (Wildman–Crippen MR) is 116 cm³/mol. The van der Waals surface area contributed by atoms with Crippen LogP contribution >= 0.6 is 12.4 Å². The fraction of sp³-hybridized carbons (Fsp3) is 0.650. The number of hydrogen-bond donors (Lipinski definition) is 2. The minimum Gasteiger partial charge on any atom is -0.351 e. The van der Waals surface area contributed by atoms with E-state index in [4.69, 9.17) is 0 Å². The van der Waals surface area contributed by atoms with E-state index in [-0.39, 0.29) is 24.1 Å². The zero-order valence-corrected chi connectivity index (χ0v) is 18.2. The lowest BCUT2D eigenvalue weighted by molar-refractivity contribution is 0.0953. The summed E-state index contributed by atoms with van der Waals surface area (Å²) in [6.45, 7) is 3.74. The molecule has 2 N–H and O–H groups in total. The average Bonchev–Trinajstić information content (AvgIpc) is 2.83. The molecular formula is C20H32ClN3O3S. The molecule has 0 aromatic heterocycles. The van der Waals surface area contributed by atoms with Gasteiger partial charge in [-0.2, -0.15) is 0 Å². The van der Waals surface area contributed by atoms with Crippen molar-refractivity contribution in [2.75, 3.05) is 29.7 Å². The maximum Gasteiger partial charge on any atom is 0.251 e. The van der Waals surface area contributed by atoms with E-state index >= 15 is 0 Å². The van der Waals surface area contributed by atoms with E-state index in [0.29, 0.717) is 36.8 Å². The van der Waals surface area contributed by atoms with E-state index in [1.54, 1.807) is 18.2 Å². The molecule has 1 amide bonds. The number of carbonyl (C=O) groups is 1. The van der Waals surface area contributed by atoms with Crippen LogP contribution in [-0.2, 0) is 10.0 Å². The van der Waals surface area contributed by atoms with Crippen molar-refractivity contribution in [1.29, 1.82) is 0 Å². The van der Waals surface area contributed by atoms with Gasteiger partial charge in [0.1, 0.15) is 0 Å². The number of carbonyl (C=O) groups excluding carboxylic acids is 1. The minimum atomic E-state index is -3.20. The molecule has 1 saturated carbocycles. The Morgan fingerprint density at radius 1 is 1.11 bits per heavy atom. The molecule has 8 heteroatoms. The van der Waals surface area contributed by atoms with Crippen LogP contribution in [0.2, 0.25) is 0 Å². The maximum absolute atomic E-state index is 12.5. The van der Waals surface area contributed by atoms with Crippen molar-refractivity contribution in [2.45, 2.75) is 57.9 Å². The number of aryl methyl sites for hydroxylation is 1. The Kier molecular flexibility index (Phi) is 8.58. The summed E-state index contributed by atoms with van der Waals surface area (Å²) in [7, 11) is -3.20. The SMILES string of the molecule is Cc1cc(N2CCCS2(=O)=O)ccc1C(=O)NCCNC1CCCCCC1.Cl. The fourth-order valence-electron chi connectivity index (χ4n) is 4.02. The highest BCUT2D eigenvalue weighted by molar-refractivity contribution is 7.93. The lowest BCUT2D eigenvalue weighted by atomic mass is 10.1. The second kappa shape index (κ2) is 10.5. The number of rotatable bonds is 6. The van der Waals surface area contributed by atoms with E-state index in [1.807, 2.05) is 6.92 Å². The third kappa shape index (κ3) is 5.84. The second-order valence-electron chi connectivity index (χ2n) is 7.64. The van der Waals surface area contributed by atoms with Gasteiger partial charge < -0.3 is 10.6 Å². The second-order valence-corrected chi connectivity index (χ2v) is 9.65. The third-order valence-corrected chi connectivity index (χ3v) is 7.41. The van der Waals surface area contributed by atoms with Gasteiger partial charge in [-0.3, -0.25) is 9.10 Å². The van der Waals surface area contributed by atoms with Gasteiger partial charge in [-0.05, 0) is 49.9 Å². The van der Waals surface area contributed by atoms with E-state index < -0.39 is 10.0 Å². The number of benzene rings is 1. The van der Waals surface area contributed by atoms with E-state index in [1.165, 1.54) is 42.8 Å². The van der Waals surface area contributed by atoms with Crippen LogP contribution in [0.4, 0.5) is 5.69 Å². The zero-order valence-electron chi connectivity index (χ0n) is 16.6. The number of anilines is 1. The normalized spacial score (nSPS) is 19.7. The summed E-state index contributed by atoms with van der Waals surface area (Å²) in [4.78, 5) is 12.5. The quantitative estimate of drug-likeness (QED) is 0.538. The van der Waals surface area contributed by atoms with Crippen molar-refractivity contribution in [3.8, 4) is 0 Å². The number of nitrogens with zero attached hydrogens (tertiary/aromatic N) is 1. The van der Waals surface area contributed by atoms with E-state index in [2.05, 4.69) is 10.6 Å². The average molecular weight is 430 g/mol. The van der Waals surface area contributed by atoms with Crippen LogP contribution in [0.1, 0.15) is 60.9 Å². The Balaban J connectivity index is 0.00000280. The van der Waals surface area contributed by atoms with Crippen LogP contribution in [0.3, 0.4) is 0 Å². The Morgan fingerprint density at radius 2 is 1.82 bits per heavy atom. The smallest absolute Gasteiger partial charge is 0.251 e. The van der Waals surface area contributed by atoms with Crippen molar-refractivity contribution in [1.82, 2.24) is 10.6 Å². The summed E-state index contributed by atoms with van der Waals surface area (Å²) in [6.07, 6.45) is 8.37. The molecule has 1 aliphatic carbocycles. The van der Waals surface area contributed by atoms with Crippen LogP contribution in [0.15, 0.2) is 18.2 Å². The van der Waals surface area contributed by atoms with Gasteiger partial charge in [0, 0.05) is 31.2 Å². The largest absolute Gasteiger partial charge is 0.351 e. The number of sulfonamides is 1. The number of halogens is 1. The van der Waals surface area contributed by atoms with Crippen molar-refractivity contribution >= 4 is 34.0 Å². The summed E-state index contributed by atoms with van der Waals surface area (Å²) in [5, 5.41) is 6.52. The molecule has 1 aromatic rings. The molecule has 0 atom stereocenters. The standard InChI is InChI=1S/C20H31N3O3S.ClH/c1-16-15-18(23-13-6-14-27(23,25)26)9-10-19(16)20(24)22-12-11-21-17-7-4-2-3-5-8-17;/h9-10,15,17,21H,2-8,11-14H2,1H3,(H,22,24);1H. The van der Waals surface area contributed by atoms with Crippen LogP contribution in [0.25, 0.3) is 0 Å². The summed E-state index contributed by atoms with van der Waals surface area (Å²) in [5.41, 5.74) is 2.05. The molecule has 1 aromatic carbocycles. The van der Waals surface area contributed by atoms with Gasteiger partial charge in [0.05, 0.1) is 11.4 Å². The maximum atomic E-state index is 12.5. The Labute approximate surface area is 174 Å². The molecule has 6 nitrogen and oxygen atoms in total. The molecule has 0 spiro atoms. The molecule has 3 rings (SSSR count). The van der Waals surface area contributed by atoms with Crippen LogP contribution in [0, 0.1) is 6.92 Å². The Hall–Kier alpha value is -1.31. The molecule has 1 aliphatic heterocycles. The van der Waals surface area contributed by atoms with Crippen LogP contribution < -0.4 is 14.9 Å². The van der Waals surface area contributed by atoms with Gasteiger partial charge in [-0.25, -0.2) is 8.42 Å². The predicted octanol–water partition coefficient (Wildman–Crippen LogP) is 3.00. The van der Waals surface area contributed by atoms with Crippen molar-refractivity contribution < 1.29 is 13.2 Å². The van der Waals surface area contributed by atoms with Gasteiger partial charge in [-0.15, -0.1) is 12.4 Å². The van der Waals surface area contributed by atoms with Gasteiger partial charge in [0.2, 0.25) is 10.0 Å². The molecule has 2 aliphatic rings. The number of hydrogen-bond acceptors (Lipinski definition) is 4. The molecule has 158 valence electrons. The van der Waals surface area contributed by atoms with Gasteiger partial charge in [0.15, 0.2) is 0 Å². The molecule has 0 bridgehead atoms. The first-order valence-electron chi connectivity index (χ1n) is 10.1. The van der Waals surface area contributed by atoms with Gasteiger partial charge >= 0.3 is 0 Å². The number of nitrogens with one attached hydrogen (secondary N) is 2. The van der Waals surface area contributed by atoms with Crippen molar-refractivity contribution in [3.05, 3.63) is 29.3 Å². The highest BCUT2D eigenvalue weighted by Gasteiger charge is 2.28. The Morgan fingerprint density at radius 3 is 2.43 bits per heavy atom. The monoisotopic (exact) mass is 429 g/mol. The van der Waals surface area contributed by atoms with Gasteiger partial charge in [0.25, 0.3) is 5.91 Å². The topological polar surface area (TPSA) is 78.5 Å². The first-order valence-corrected chi connectivity index (χ1v) is 11.7. The zero-order chi connectivity index (χ0) is 19.3. The lowest BCUT2D eigenvalue weighted by Gasteiger charge is -2.19. The minimum absolute atomic E-state index is 0. The summed E-state index contributed by atoms with van der Waals surface area (Å²) in [6, 6.07) is 5.83. The van der Waals surface area contributed by atoms with Crippen molar-refractivity contribution in [2.24, 2.45) is 0 Å². The molecule has 1 heterocycles. The molecular weight excluding hydrogens is 398 g/mol. The van der Waals surface area contributed by atoms with Gasteiger partial charge in [-0.1, -0.05) is 25.7 Å². The van der Waals surface area contributed by atoms with Crippen LogP contribution in [-0.4, -0.2) is 45.8 Å². The molecule has 1 saturated heterocycles. The summed E-state index contributed by atoms with van der Waals surface area (Å²) < 4.78 is 25.6. The molecule has 2 fully saturated rings. The first-order chi connectivity index (χ1) is 13.0. The summed E-state index contributed by atoms with van der Waals surface area (Å²) >= 11 is 0. The fourth-order valence-corrected chi connectivity index (χ4v) is 5.57. The Bertz CT molecular complexity index is 762.